The average molecular weight is 425 g/mol. The molecule has 0 aliphatic carbocycles. The molecule has 8 heteroatoms. The number of ether oxygens (including phenoxy) is 1. The molecule has 164 valence electrons. The topological polar surface area (TPSA) is 109 Å². The number of hydrogen-bond donors (Lipinski definition) is 3. The molecule has 0 aromatic heterocycles. The van der Waals surface area contributed by atoms with Gasteiger partial charge in [0.15, 0.2) is 6.61 Å². The van der Waals surface area contributed by atoms with Crippen molar-refractivity contribution in [2.45, 2.75) is 40.2 Å². The third-order valence-electron chi connectivity index (χ3n) is 4.63. The van der Waals surface area contributed by atoms with E-state index >= 15 is 0 Å². The summed E-state index contributed by atoms with van der Waals surface area (Å²) in [6.07, 6.45) is 2.06. The molecule has 2 aromatic carbocycles. The average Bonchev–Trinajstić information content (AvgIpc) is 2.75. The van der Waals surface area contributed by atoms with Crippen LogP contribution < -0.4 is 20.8 Å². The third-order valence-corrected chi connectivity index (χ3v) is 4.63. The highest BCUT2D eigenvalue weighted by molar-refractivity contribution is 6.35. The fourth-order valence-electron chi connectivity index (χ4n) is 2.48. The highest BCUT2D eigenvalue weighted by atomic mass is 16.5. The van der Waals surface area contributed by atoms with Crippen LogP contribution in [0.4, 0.5) is 5.69 Å². The van der Waals surface area contributed by atoms with Gasteiger partial charge in [-0.25, -0.2) is 5.43 Å². The standard InChI is InChI=1S/C23H28N4O4/c1-5-17(4)25-22(29)23(30)27-24-13-18-8-6-7-9-20(18)31-14-21(28)26-19-11-10-15(2)16(3)12-19/h6-13,17H,5,14H2,1-4H3,(H,25,29)(H,26,28)(H,27,30)/b24-13-/t17-/m1/s1. The van der Waals surface area contributed by atoms with Gasteiger partial charge in [0.1, 0.15) is 5.75 Å². The first-order chi connectivity index (χ1) is 14.8. The first-order valence-corrected chi connectivity index (χ1v) is 10.0. The van der Waals surface area contributed by atoms with E-state index in [0.29, 0.717) is 23.4 Å². The van der Waals surface area contributed by atoms with E-state index < -0.39 is 11.8 Å². The molecule has 0 spiro atoms. The van der Waals surface area contributed by atoms with Gasteiger partial charge in [-0.1, -0.05) is 25.1 Å². The van der Waals surface area contributed by atoms with Gasteiger partial charge in [-0.3, -0.25) is 14.4 Å². The molecule has 0 heterocycles. The maximum absolute atomic E-state index is 12.2. The molecule has 2 rings (SSSR count). The van der Waals surface area contributed by atoms with Crippen LogP contribution in [0.2, 0.25) is 0 Å². The van der Waals surface area contributed by atoms with E-state index in [-0.39, 0.29) is 18.6 Å². The molecular weight excluding hydrogens is 396 g/mol. The Morgan fingerprint density at radius 3 is 2.52 bits per heavy atom. The van der Waals surface area contributed by atoms with Crippen LogP contribution in [0, 0.1) is 13.8 Å². The summed E-state index contributed by atoms with van der Waals surface area (Å²) in [5.41, 5.74) is 5.65. The normalized spacial score (nSPS) is 11.6. The van der Waals surface area contributed by atoms with Crippen molar-refractivity contribution in [1.82, 2.24) is 10.7 Å². The second kappa shape index (κ2) is 11.5. The number of benzene rings is 2. The SMILES string of the molecule is CC[C@@H](C)NC(=O)C(=O)N/N=C\c1ccccc1OCC(=O)Nc1ccc(C)c(C)c1. The Hall–Kier alpha value is -3.68. The van der Waals surface area contributed by atoms with Crippen LogP contribution in [-0.2, 0) is 14.4 Å². The number of para-hydroxylation sites is 1. The quantitative estimate of drug-likeness (QED) is 0.344. The van der Waals surface area contributed by atoms with Gasteiger partial charge < -0.3 is 15.4 Å². The van der Waals surface area contributed by atoms with Crippen molar-refractivity contribution in [3.63, 3.8) is 0 Å². The second-order valence-electron chi connectivity index (χ2n) is 7.16. The summed E-state index contributed by atoms with van der Waals surface area (Å²) in [6.45, 7) is 7.49. The smallest absolute Gasteiger partial charge is 0.329 e. The summed E-state index contributed by atoms with van der Waals surface area (Å²) in [7, 11) is 0. The van der Waals surface area contributed by atoms with Crippen molar-refractivity contribution in [2.75, 3.05) is 11.9 Å². The van der Waals surface area contributed by atoms with Gasteiger partial charge >= 0.3 is 11.8 Å². The number of amides is 3. The highest BCUT2D eigenvalue weighted by Crippen LogP contribution is 2.17. The predicted molar refractivity (Wildman–Crippen MR) is 120 cm³/mol. The van der Waals surface area contributed by atoms with E-state index in [4.69, 9.17) is 4.74 Å². The molecule has 0 unspecified atom stereocenters. The summed E-state index contributed by atoms with van der Waals surface area (Å²) in [5.74, 6) is -1.49. The highest BCUT2D eigenvalue weighted by Gasteiger charge is 2.14. The molecule has 0 saturated heterocycles. The van der Waals surface area contributed by atoms with Crippen molar-refractivity contribution in [1.29, 1.82) is 0 Å². The van der Waals surface area contributed by atoms with Gasteiger partial charge in [-0.2, -0.15) is 5.10 Å². The zero-order valence-corrected chi connectivity index (χ0v) is 18.2. The second-order valence-corrected chi connectivity index (χ2v) is 7.16. The van der Waals surface area contributed by atoms with E-state index in [1.807, 2.05) is 39.0 Å². The minimum Gasteiger partial charge on any atom is -0.483 e. The maximum Gasteiger partial charge on any atom is 0.329 e. The van der Waals surface area contributed by atoms with Gasteiger partial charge in [-0.05, 0) is 62.6 Å². The lowest BCUT2D eigenvalue weighted by Gasteiger charge is -2.11. The Balaban J connectivity index is 1.91. The zero-order valence-electron chi connectivity index (χ0n) is 18.2. The molecule has 3 N–H and O–H groups in total. The van der Waals surface area contributed by atoms with Crippen molar-refractivity contribution < 1.29 is 19.1 Å². The van der Waals surface area contributed by atoms with Crippen LogP contribution in [-0.4, -0.2) is 36.6 Å². The van der Waals surface area contributed by atoms with Crippen LogP contribution in [0.15, 0.2) is 47.6 Å². The molecule has 0 aliphatic heterocycles. The largest absolute Gasteiger partial charge is 0.483 e. The fourth-order valence-corrected chi connectivity index (χ4v) is 2.48. The first-order valence-electron chi connectivity index (χ1n) is 10.0. The molecule has 0 radical (unpaired) electrons. The molecule has 0 fully saturated rings. The maximum atomic E-state index is 12.2. The third kappa shape index (κ3) is 7.58. The molecule has 2 aromatic rings. The molecule has 0 saturated carbocycles. The lowest BCUT2D eigenvalue weighted by atomic mass is 10.1. The molecule has 0 bridgehead atoms. The number of hydrazone groups is 1. The van der Waals surface area contributed by atoms with Crippen LogP contribution in [0.5, 0.6) is 5.75 Å². The van der Waals surface area contributed by atoms with E-state index in [0.717, 1.165) is 11.1 Å². The number of anilines is 1. The monoisotopic (exact) mass is 424 g/mol. The fraction of sp³-hybridized carbons (Fsp3) is 0.304. The number of rotatable bonds is 8. The molecule has 0 aliphatic rings. The van der Waals surface area contributed by atoms with E-state index in [9.17, 15) is 14.4 Å². The van der Waals surface area contributed by atoms with E-state index in [1.165, 1.54) is 6.21 Å². The first kappa shape index (κ1) is 23.6. The molecule has 1 atom stereocenters. The summed E-state index contributed by atoms with van der Waals surface area (Å²) in [5, 5.41) is 9.15. The molecule has 8 nitrogen and oxygen atoms in total. The van der Waals surface area contributed by atoms with Gasteiger partial charge in [0.05, 0.1) is 6.21 Å². The van der Waals surface area contributed by atoms with E-state index in [2.05, 4.69) is 21.2 Å². The molecule has 31 heavy (non-hydrogen) atoms. The number of carbonyl (C=O) groups excluding carboxylic acids is 3. The van der Waals surface area contributed by atoms with Gasteiger partial charge in [0.25, 0.3) is 5.91 Å². The summed E-state index contributed by atoms with van der Waals surface area (Å²) >= 11 is 0. The lowest BCUT2D eigenvalue weighted by molar-refractivity contribution is -0.139. The van der Waals surface area contributed by atoms with Gasteiger partial charge in [-0.15, -0.1) is 0 Å². The zero-order chi connectivity index (χ0) is 22.8. The minimum atomic E-state index is -0.859. The van der Waals surface area contributed by atoms with Crippen LogP contribution in [0.25, 0.3) is 0 Å². The van der Waals surface area contributed by atoms with Crippen molar-refractivity contribution in [3.8, 4) is 5.75 Å². The Morgan fingerprint density at radius 2 is 1.81 bits per heavy atom. The molecule has 3 amide bonds. The molecular formula is C23H28N4O4. The van der Waals surface area contributed by atoms with E-state index in [1.54, 1.807) is 31.2 Å². The van der Waals surface area contributed by atoms with Crippen molar-refractivity contribution >= 4 is 29.6 Å². The Bertz CT molecular complexity index is 972. The Labute approximate surface area is 182 Å². The van der Waals surface area contributed by atoms with Crippen molar-refractivity contribution in [2.24, 2.45) is 5.10 Å². The summed E-state index contributed by atoms with van der Waals surface area (Å²) in [6, 6.07) is 12.5. The Morgan fingerprint density at radius 1 is 1.06 bits per heavy atom. The van der Waals surface area contributed by atoms with Crippen LogP contribution in [0.1, 0.15) is 37.0 Å². The number of nitrogens with one attached hydrogen (secondary N) is 3. The van der Waals surface area contributed by atoms with Gasteiger partial charge in [0, 0.05) is 17.3 Å². The minimum absolute atomic E-state index is 0.105. The summed E-state index contributed by atoms with van der Waals surface area (Å²) < 4.78 is 5.60. The number of nitrogens with zero attached hydrogens (tertiary/aromatic N) is 1. The number of aryl methyl sites for hydroxylation is 2. The number of carbonyl (C=O) groups is 3. The Kier molecular flexibility index (Phi) is 8.75. The van der Waals surface area contributed by atoms with Crippen LogP contribution in [0.3, 0.4) is 0 Å². The van der Waals surface area contributed by atoms with Crippen molar-refractivity contribution in [3.05, 3.63) is 59.2 Å². The lowest BCUT2D eigenvalue weighted by Crippen LogP contribution is -2.41. The summed E-state index contributed by atoms with van der Waals surface area (Å²) in [4.78, 5) is 35.7. The van der Waals surface area contributed by atoms with Crippen LogP contribution >= 0.6 is 0 Å². The number of hydrogen-bond acceptors (Lipinski definition) is 5. The predicted octanol–water partition coefficient (Wildman–Crippen LogP) is 2.69. The van der Waals surface area contributed by atoms with Gasteiger partial charge in [0.2, 0.25) is 0 Å².